The first-order chi connectivity index (χ1) is 12.3. The van der Waals surface area contributed by atoms with Crippen LogP contribution in [0.25, 0.3) is 11.4 Å². The van der Waals surface area contributed by atoms with Crippen LogP contribution in [0.15, 0.2) is 29.4 Å². The maximum absolute atomic E-state index is 13.7. The SMILES string of the molecule is Fc1c(F)c(F)c(/C=N/n2c(-c3cccc(Cl)c3)n[nH]c2=S)c(F)c1F. The molecule has 0 saturated carbocycles. The van der Waals surface area contributed by atoms with Crippen LogP contribution in [0.2, 0.25) is 5.02 Å². The van der Waals surface area contributed by atoms with Crippen molar-refractivity contribution in [3.05, 3.63) is 68.7 Å². The fraction of sp³-hybridized carbons (Fsp3) is 0. The van der Waals surface area contributed by atoms with Gasteiger partial charge in [0.15, 0.2) is 29.1 Å². The Bertz CT molecular complexity index is 1060. The van der Waals surface area contributed by atoms with E-state index >= 15 is 0 Å². The maximum Gasteiger partial charge on any atom is 0.216 e. The second-order valence-electron chi connectivity index (χ2n) is 4.90. The van der Waals surface area contributed by atoms with Crippen LogP contribution in [0.4, 0.5) is 22.0 Å². The van der Waals surface area contributed by atoms with E-state index in [1.807, 2.05) is 0 Å². The number of H-pyrrole nitrogens is 1. The van der Waals surface area contributed by atoms with Crippen molar-refractivity contribution < 1.29 is 22.0 Å². The Balaban J connectivity index is 2.12. The van der Waals surface area contributed by atoms with Crippen LogP contribution >= 0.6 is 23.8 Å². The molecular weight excluding hydrogens is 399 g/mol. The topological polar surface area (TPSA) is 46.0 Å². The van der Waals surface area contributed by atoms with Crippen LogP contribution in [0.3, 0.4) is 0 Å². The molecule has 0 radical (unpaired) electrons. The number of rotatable bonds is 3. The Kier molecular flexibility index (Phi) is 4.88. The van der Waals surface area contributed by atoms with Gasteiger partial charge in [-0.15, -0.1) is 0 Å². The standard InChI is InChI=1S/C15H6ClF5N4S/c16-7-3-1-2-6(4-7)14-23-24-15(26)25(14)22-5-8-9(17)11(19)13(21)12(20)10(8)18/h1-5H,(H,24,26)/b22-5+. The molecule has 0 aliphatic carbocycles. The molecule has 1 N–H and O–H groups in total. The maximum atomic E-state index is 13.7. The molecule has 3 rings (SSSR count). The molecule has 1 heterocycles. The summed E-state index contributed by atoms with van der Waals surface area (Å²) in [4.78, 5) is 0. The molecule has 2 aromatic carbocycles. The zero-order chi connectivity index (χ0) is 19.0. The lowest BCUT2D eigenvalue weighted by molar-refractivity contribution is 0.377. The molecule has 4 nitrogen and oxygen atoms in total. The first-order valence-electron chi connectivity index (χ1n) is 6.80. The second-order valence-corrected chi connectivity index (χ2v) is 5.73. The third-order valence-electron chi connectivity index (χ3n) is 3.28. The summed E-state index contributed by atoms with van der Waals surface area (Å²) in [6, 6.07) is 6.36. The molecule has 0 aliphatic heterocycles. The highest BCUT2D eigenvalue weighted by atomic mass is 35.5. The number of nitrogens with zero attached hydrogens (tertiary/aromatic N) is 3. The van der Waals surface area contributed by atoms with Gasteiger partial charge in [0.1, 0.15) is 0 Å². The third kappa shape index (κ3) is 3.13. The first kappa shape index (κ1) is 18.2. The van der Waals surface area contributed by atoms with Gasteiger partial charge in [0, 0.05) is 10.6 Å². The van der Waals surface area contributed by atoms with Gasteiger partial charge < -0.3 is 0 Å². The Morgan fingerprint density at radius 2 is 1.65 bits per heavy atom. The molecular formula is C15H6ClF5N4S. The number of aromatic amines is 1. The smallest absolute Gasteiger partial charge is 0.216 e. The minimum Gasteiger partial charge on any atom is -0.250 e. The Morgan fingerprint density at radius 3 is 2.27 bits per heavy atom. The fourth-order valence-electron chi connectivity index (χ4n) is 2.06. The quantitative estimate of drug-likeness (QED) is 0.223. The van der Waals surface area contributed by atoms with Crippen molar-refractivity contribution in [1.82, 2.24) is 14.9 Å². The summed E-state index contributed by atoms with van der Waals surface area (Å²) in [5, 5.41) is 10.4. The molecule has 0 bridgehead atoms. The van der Waals surface area contributed by atoms with E-state index in [2.05, 4.69) is 15.3 Å². The monoisotopic (exact) mass is 404 g/mol. The van der Waals surface area contributed by atoms with Gasteiger partial charge in [-0.2, -0.15) is 14.9 Å². The van der Waals surface area contributed by atoms with Crippen LogP contribution < -0.4 is 0 Å². The van der Waals surface area contributed by atoms with Crippen LogP contribution in [0, 0.1) is 33.9 Å². The summed E-state index contributed by atoms with van der Waals surface area (Å²) < 4.78 is 67.9. The van der Waals surface area contributed by atoms with Crippen LogP contribution in [0.1, 0.15) is 5.56 Å². The number of hydrogen-bond acceptors (Lipinski definition) is 3. The van der Waals surface area contributed by atoms with Gasteiger partial charge in [0.2, 0.25) is 10.6 Å². The zero-order valence-electron chi connectivity index (χ0n) is 12.4. The molecule has 3 aromatic rings. The van der Waals surface area contributed by atoms with Crippen molar-refractivity contribution in [2.45, 2.75) is 0 Å². The highest BCUT2D eigenvalue weighted by Gasteiger charge is 2.24. The van der Waals surface area contributed by atoms with Crippen molar-refractivity contribution in [3.8, 4) is 11.4 Å². The van der Waals surface area contributed by atoms with E-state index in [0.717, 1.165) is 4.68 Å². The van der Waals surface area contributed by atoms with Gasteiger partial charge in [0.05, 0.1) is 11.8 Å². The molecule has 1 aromatic heterocycles. The molecule has 134 valence electrons. The predicted octanol–water partition coefficient (Wildman–Crippen LogP) is 4.84. The minimum atomic E-state index is -2.25. The van der Waals surface area contributed by atoms with Gasteiger partial charge in [0.25, 0.3) is 0 Å². The molecule has 0 spiro atoms. The summed E-state index contributed by atoms with van der Waals surface area (Å²) >= 11 is 10.8. The highest BCUT2D eigenvalue weighted by molar-refractivity contribution is 7.71. The summed E-state index contributed by atoms with van der Waals surface area (Å²) in [7, 11) is 0. The van der Waals surface area contributed by atoms with Crippen molar-refractivity contribution in [1.29, 1.82) is 0 Å². The number of aromatic nitrogens is 3. The largest absolute Gasteiger partial charge is 0.250 e. The fourth-order valence-corrected chi connectivity index (χ4v) is 2.43. The van der Waals surface area contributed by atoms with E-state index in [9.17, 15) is 22.0 Å². The van der Waals surface area contributed by atoms with Gasteiger partial charge in [-0.3, -0.25) is 0 Å². The number of halogens is 6. The Morgan fingerprint density at radius 1 is 1.04 bits per heavy atom. The average molecular weight is 405 g/mol. The molecule has 11 heteroatoms. The summed E-state index contributed by atoms with van der Waals surface area (Å²) in [5.41, 5.74) is -0.749. The highest BCUT2D eigenvalue weighted by Crippen LogP contribution is 2.23. The number of hydrogen-bond donors (Lipinski definition) is 1. The van der Waals surface area contributed by atoms with Gasteiger partial charge in [-0.1, -0.05) is 23.7 Å². The van der Waals surface area contributed by atoms with E-state index in [4.69, 9.17) is 23.8 Å². The van der Waals surface area contributed by atoms with Gasteiger partial charge in [-0.05, 0) is 24.4 Å². The number of nitrogens with one attached hydrogen (secondary N) is 1. The molecule has 26 heavy (non-hydrogen) atoms. The van der Waals surface area contributed by atoms with Gasteiger partial charge in [-0.25, -0.2) is 27.1 Å². The van der Waals surface area contributed by atoms with Crippen molar-refractivity contribution in [2.24, 2.45) is 5.10 Å². The van der Waals surface area contributed by atoms with Crippen LogP contribution in [-0.2, 0) is 0 Å². The Hall–Kier alpha value is -2.59. The predicted molar refractivity (Wildman–Crippen MR) is 87.1 cm³/mol. The molecule has 0 unspecified atom stereocenters. The molecule has 0 aliphatic rings. The molecule has 0 amide bonds. The van der Waals surface area contributed by atoms with Gasteiger partial charge >= 0.3 is 0 Å². The lowest BCUT2D eigenvalue weighted by atomic mass is 10.2. The first-order valence-corrected chi connectivity index (χ1v) is 7.59. The molecule has 0 atom stereocenters. The summed E-state index contributed by atoms with van der Waals surface area (Å²) in [6.45, 7) is 0. The van der Waals surface area contributed by atoms with Crippen LogP contribution in [0.5, 0.6) is 0 Å². The van der Waals surface area contributed by atoms with Crippen molar-refractivity contribution >= 4 is 30.0 Å². The molecule has 0 saturated heterocycles. The van der Waals surface area contributed by atoms with E-state index in [1.54, 1.807) is 18.2 Å². The second kappa shape index (κ2) is 6.96. The van der Waals surface area contributed by atoms with Crippen LogP contribution in [-0.4, -0.2) is 21.1 Å². The minimum absolute atomic E-state index is 0.0694. The number of benzene rings is 2. The van der Waals surface area contributed by atoms with E-state index in [1.165, 1.54) is 6.07 Å². The lowest BCUT2D eigenvalue weighted by Gasteiger charge is -2.05. The summed E-state index contributed by atoms with van der Waals surface area (Å²) in [5.74, 6) is -10.3. The molecule has 0 fully saturated rings. The van der Waals surface area contributed by atoms with E-state index < -0.39 is 34.6 Å². The normalized spacial score (nSPS) is 11.5. The zero-order valence-corrected chi connectivity index (χ0v) is 14.0. The average Bonchev–Trinajstić information content (AvgIpc) is 2.99. The Labute approximate surface area is 152 Å². The van der Waals surface area contributed by atoms with Crippen molar-refractivity contribution in [2.75, 3.05) is 0 Å². The van der Waals surface area contributed by atoms with E-state index in [-0.39, 0.29) is 10.6 Å². The third-order valence-corrected chi connectivity index (χ3v) is 3.78. The van der Waals surface area contributed by atoms with Crippen molar-refractivity contribution in [3.63, 3.8) is 0 Å². The summed E-state index contributed by atoms with van der Waals surface area (Å²) in [6.07, 6.45) is 0.468. The van der Waals surface area contributed by atoms with E-state index in [0.29, 0.717) is 16.8 Å². The lowest BCUT2D eigenvalue weighted by Crippen LogP contribution is -2.07.